The molecule has 1 fully saturated rings. The maximum Gasteiger partial charge on any atom is 0.317 e. The summed E-state index contributed by atoms with van der Waals surface area (Å²) in [6.45, 7) is 4.24. The topological polar surface area (TPSA) is 91.7 Å². The lowest BCUT2D eigenvalue weighted by atomic mass is 9.96. The van der Waals surface area contributed by atoms with Gasteiger partial charge in [0.05, 0.1) is 6.04 Å². The Morgan fingerprint density at radius 1 is 1.24 bits per heavy atom. The first-order valence-electron chi connectivity index (χ1n) is 10.1. The second-order valence-corrected chi connectivity index (χ2v) is 7.50. The Balaban J connectivity index is 1.38. The third-order valence-corrected chi connectivity index (χ3v) is 5.68. The SMILES string of the molecule is Cc1nccn1CC[C@H](NC(=O)N1CCC(c2ncn[nH]2)CC1)c1ccccc1. The molecule has 2 N–H and O–H groups in total. The number of amides is 2. The van der Waals surface area contributed by atoms with Crippen molar-refractivity contribution in [2.75, 3.05) is 13.1 Å². The lowest BCUT2D eigenvalue weighted by molar-refractivity contribution is 0.175. The summed E-state index contributed by atoms with van der Waals surface area (Å²) in [4.78, 5) is 23.4. The van der Waals surface area contributed by atoms with Crippen molar-refractivity contribution in [2.45, 2.75) is 44.7 Å². The predicted molar refractivity (Wildman–Crippen MR) is 109 cm³/mol. The van der Waals surface area contributed by atoms with Crippen molar-refractivity contribution in [3.8, 4) is 0 Å². The molecule has 0 spiro atoms. The minimum absolute atomic E-state index is 0.00257. The van der Waals surface area contributed by atoms with E-state index in [-0.39, 0.29) is 12.1 Å². The van der Waals surface area contributed by atoms with Crippen molar-refractivity contribution in [1.29, 1.82) is 0 Å². The lowest BCUT2D eigenvalue weighted by Crippen LogP contribution is -2.45. The summed E-state index contributed by atoms with van der Waals surface area (Å²) in [6, 6.07) is 10.1. The molecule has 29 heavy (non-hydrogen) atoms. The van der Waals surface area contributed by atoms with E-state index in [9.17, 15) is 4.79 Å². The van der Waals surface area contributed by atoms with E-state index in [0.29, 0.717) is 5.92 Å². The summed E-state index contributed by atoms with van der Waals surface area (Å²) >= 11 is 0. The number of likely N-dealkylation sites (tertiary alicyclic amines) is 1. The van der Waals surface area contributed by atoms with E-state index in [1.54, 1.807) is 6.33 Å². The molecule has 0 radical (unpaired) electrons. The van der Waals surface area contributed by atoms with Gasteiger partial charge in [0.2, 0.25) is 0 Å². The van der Waals surface area contributed by atoms with E-state index < -0.39 is 0 Å². The molecule has 2 aromatic heterocycles. The van der Waals surface area contributed by atoms with Gasteiger partial charge < -0.3 is 14.8 Å². The van der Waals surface area contributed by atoms with E-state index in [1.807, 2.05) is 42.4 Å². The van der Waals surface area contributed by atoms with Crippen molar-refractivity contribution >= 4 is 6.03 Å². The Labute approximate surface area is 170 Å². The quantitative estimate of drug-likeness (QED) is 0.673. The number of aromatic nitrogens is 5. The Morgan fingerprint density at radius 2 is 2.03 bits per heavy atom. The van der Waals surface area contributed by atoms with Gasteiger partial charge in [0.15, 0.2) is 0 Å². The minimum Gasteiger partial charge on any atom is -0.335 e. The van der Waals surface area contributed by atoms with Crippen LogP contribution in [0.5, 0.6) is 0 Å². The number of hydrogen-bond acceptors (Lipinski definition) is 4. The predicted octanol–water partition coefficient (Wildman–Crippen LogP) is 3.03. The molecule has 0 saturated carbocycles. The van der Waals surface area contributed by atoms with Crippen LogP contribution in [0.15, 0.2) is 49.1 Å². The smallest absolute Gasteiger partial charge is 0.317 e. The highest BCUT2D eigenvalue weighted by atomic mass is 16.2. The molecular weight excluding hydrogens is 366 g/mol. The van der Waals surface area contributed by atoms with E-state index in [0.717, 1.165) is 56.1 Å². The molecule has 152 valence electrons. The number of nitrogens with one attached hydrogen (secondary N) is 2. The molecular formula is C21H27N7O. The summed E-state index contributed by atoms with van der Waals surface area (Å²) in [5.41, 5.74) is 1.12. The van der Waals surface area contributed by atoms with Crippen LogP contribution in [0.1, 0.15) is 48.4 Å². The van der Waals surface area contributed by atoms with E-state index in [4.69, 9.17) is 0 Å². The van der Waals surface area contributed by atoms with Gasteiger partial charge in [-0.25, -0.2) is 14.8 Å². The molecule has 3 heterocycles. The Kier molecular flexibility index (Phi) is 5.88. The van der Waals surface area contributed by atoms with Crippen LogP contribution in [0.3, 0.4) is 0 Å². The van der Waals surface area contributed by atoms with Gasteiger partial charge in [0, 0.05) is 37.9 Å². The van der Waals surface area contributed by atoms with Crippen molar-refractivity contribution in [3.63, 3.8) is 0 Å². The number of carbonyl (C=O) groups is 1. The van der Waals surface area contributed by atoms with Crippen LogP contribution < -0.4 is 5.32 Å². The summed E-state index contributed by atoms with van der Waals surface area (Å²) in [5, 5.41) is 10.1. The number of urea groups is 1. The zero-order valence-corrected chi connectivity index (χ0v) is 16.7. The van der Waals surface area contributed by atoms with Gasteiger partial charge >= 0.3 is 6.03 Å². The number of nitrogens with zero attached hydrogens (tertiary/aromatic N) is 5. The molecule has 4 rings (SSSR count). The van der Waals surface area contributed by atoms with Gasteiger partial charge in [-0.1, -0.05) is 30.3 Å². The summed E-state index contributed by atoms with van der Waals surface area (Å²) in [7, 11) is 0. The fraction of sp³-hybridized carbons (Fsp3) is 0.429. The van der Waals surface area contributed by atoms with Gasteiger partial charge in [-0.05, 0) is 31.7 Å². The molecule has 0 aliphatic carbocycles. The van der Waals surface area contributed by atoms with Crippen LogP contribution in [0.25, 0.3) is 0 Å². The number of benzene rings is 1. The first-order chi connectivity index (χ1) is 14.2. The van der Waals surface area contributed by atoms with Crippen molar-refractivity contribution in [2.24, 2.45) is 0 Å². The zero-order valence-electron chi connectivity index (χ0n) is 16.7. The number of aryl methyl sites for hydroxylation is 2. The van der Waals surface area contributed by atoms with Crippen molar-refractivity contribution in [3.05, 3.63) is 66.3 Å². The minimum atomic E-state index is -0.0440. The molecule has 1 aliphatic rings. The highest BCUT2D eigenvalue weighted by Crippen LogP contribution is 2.26. The fourth-order valence-electron chi connectivity index (χ4n) is 3.92. The number of imidazole rings is 1. The van der Waals surface area contributed by atoms with Crippen LogP contribution in [0.2, 0.25) is 0 Å². The average molecular weight is 393 g/mol. The Hall–Kier alpha value is -3.16. The molecule has 3 aromatic rings. The molecule has 1 atom stereocenters. The van der Waals surface area contributed by atoms with Crippen LogP contribution >= 0.6 is 0 Å². The van der Waals surface area contributed by atoms with Gasteiger partial charge in [-0.3, -0.25) is 5.10 Å². The second kappa shape index (κ2) is 8.89. The third-order valence-electron chi connectivity index (χ3n) is 5.68. The molecule has 0 unspecified atom stereocenters. The standard InChI is InChI=1S/C21H27N7O/c1-16-22-10-14-27(16)13-9-19(17-5-3-2-4-6-17)25-21(29)28-11-7-18(8-12-28)20-23-15-24-26-20/h2-6,10,14-15,18-19H,7-9,11-13H2,1H3,(H,25,29)(H,23,24,26)/t19-/m0/s1. The molecule has 8 nitrogen and oxygen atoms in total. The molecule has 1 aromatic carbocycles. The summed E-state index contributed by atoms with van der Waals surface area (Å²) in [6.07, 6.45) is 7.93. The number of aromatic amines is 1. The number of carbonyl (C=O) groups excluding carboxylic acids is 1. The maximum atomic E-state index is 13.0. The summed E-state index contributed by atoms with van der Waals surface area (Å²) in [5.74, 6) is 2.25. The third kappa shape index (κ3) is 4.64. The van der Waals surface area contributed by atoms with Crippen molar-refractivity contribution < 1.29 is 4.79 Å². The zero-order chi connectivity index (χ0) is 20.1. The second-order valence-electron chi connectivity index (χ2n) is 7.50. The highest BCUT2D eigenvalue weighted by molar-refractivity contribution is 5.74. The number of rotatable bonds is 6. The molecule has 1 saturated heterocycles. The van der Waals surface area contributed by atoms with E-state index in [2.05, 4.69) is 42.2 Å². The number of hydrogen-bond donors (Lipinski definition) is 2. The van der Waals surface area contributed by atoms with Gasteiger partial charge in [0.25, 0.3) is 0 Å². The fourth-order valence-corrected chi connectivity index (χ4v) is 3.92. The maximum absolute atomic E-state index is 13.0. The van der Waals surface area contributed by atoms with Gasteiger partial charge in [-0.15, -0.1) is 0 Å². The Morgan fingerprint density at radius 3 is 2.69 bits per heavy atom. The molecule has 1 aliphatic heterocycles. The normalized spacial score (nSPS) is 16.0. The first kappa shape index (κ1) is 19.2. The van der Waals surface area contributed by atoms with Gasteiger partial charge in [-0.2, -0.15) is 5.10 Å². The molecule has 8 heteroatoms. The average Bonchev–Trinajstić information content (AvgIpc) is 3.44. The monoisotopic (exact) mass is 393 g/mol. The van der Waals surface area contributed by atoms with Crippen molar-refractivity contribution in [1.82, 2.24) is 34.9 Å². The lowest BCUT2D eigenvalue weighted by Gasteiger charge is -2.32. The van der Waals surface area contributed by atoms with Crippen LogP contribution in [-0.4, -0.2) is 48.8 Å². The number of piperidine rings is 1. The van der Waals surface area contributed by atoms with Crippen LogP contribution in [0, 0.1) is 6.92 Å². The summed E-state index contributed by atoms with van der Waals surface area (Å²) < 4.78 is 2.12. The largest absolute Gasteiger partial charge is 0.335 e. The van der Waals surface area contributed by atoms with Crippen LogP contribution in [-0.2, 0) is 6.54 Å². The molecule has 0 bridgehead atoms. The highest BCUT2D eigenvalue weighted by Gasteiger charge is 2.26. The van der Waals surface area contributed by atoms with Gasteiger partial charge in [0.1, 0.15) is 18.0 Å². The molecule has 2 amide bonds. The van der Waals surface area contributed by atoms with E-state index in [1.165, 1.54) is 0 Å². The Bertz CT molecular complexity index is 898. The first-order valence-corrected chi connectivity index (χ1v) is 10.1. The van der Waals surface area contributed by atoms with E-state index >= 15 is 0 Å². The van der Waals surface area contributed by atoms with Crippen LogP contribution in [0.4, 0.5) is 4.79 Å². The number of H-pyrrole nitrogens is 1.